The largest absolute Gasteiger partial charge is 0.469 e. The molecule has 0 amide bonds. The van der Waals surface area contributed by atoms with E-state index >= 15 is 0 Å². The van der Waals surface area contributed by atoms with Gasteiger partial charge in [-0.05, 0) is 61.7 Å². The van der Waals surface area contributed by atoms with Gasteiger partial charge >= 0.3 is 5.97 Å². The van der Waals surface area contributed by atoms with Crippen LogP contribution in [0.4, 0.5) is 8.78 Å². The van der Waals surface area contributed by atoms with E-state index in [9.17, 15) is 13.6 Å². The number of ether oxygens (including phenoxy) is 2. The first-order valence-electron chi connectivity index (χ1n) is 9.94. The molecule has 2 bridgehead atoms. The lowest BCUT2D eigenvalue weighted by atomic mass is 9.87. The maximum absolute atomic E-state index is 13.5. The predicted molar refractivity (Wildman–Crippen MR) is 104 cm³/mol. The number of hydrogen-bond donors (Lipinski definition) is 0. The third kappa shape index (κ3) is 3.91. The van der Waals surface area contributed by atoms with Crippen LogP contribution >= 0.6 is 0 Å². The minimum atomic E-state index is -0.531. The van der Waals surface area contributed by atoms with Gasteiger partial charge in [0.05, 0.1) is 19.1 Å². The molecule has 154 valence electrons. The SMILES string of the molecule is COC(=O)C1C(OC(c2ccc(F)cc2)c2ccc(F)cc2)C[C@@H]2CC[C@H]1N2C. The van der Waals surface area contributed by atoms with Gasteiger partial charge < -0.3 is 9.47 Å². The van der Waals surface area contributed by atoms with E-state index < -0.39 is 12.0 Å². The molecule has 2 aromatic carbocycles. The molecular weight excluding hydrogens is 376 g/mol. The number of piperidine rings is 1. The van der Waals surface area contributed by atoms with Crippen LogP contribution in [0.25, 0.3) is 0 Å². The molecule has 6 heteroatoms. The van der Waals surface area contributed by atoms with Gasteiger partial charge in [-0.3, -0.25) is 9.69 Å². The van der Waals surface area contributed by atoms with Crippen LogP contribution in [0.3, 0.4) is 0 Å². The summed E-state index contributed by atoms with van der Waals surface area (Å²) in [7, 11) is 3.45. The minimum Gasteiger partial charge on any atom is -0.469 e. The number of benzene rings is 2. The highest BCUT2D eigenvalue weighted by Crippen LogP contribution is 2.42. The second-order valence-corrected chi connectivity index (χ2v) is 7.91. The number of hydrogen-bond acceptors (Lipinski definition) is 4. The summed E-state index contributed by atoms with van der Waals surface area (Å²) in [4.78, 5) is 14.9. The summed E-state index contributed by atoms with van der Waals surface area (Å²) in [6, 6.07) is 12.6. The van der Waals surface area contributed by atoms with E-state index in [2.05, 4.69) is 4.90 Å². The Balaban J connectivity index is 1.68. The maximum atomic E-state index is 13.5. The Morgan fingerprint density at radius 1 is 1.00 bits per heavy atom. The Morgan fingerprint density at radius 2 is 1.55 bits per heavy atom. The number of nitrogens with zero attached hydrogens (tertiary/aromatic N) is 1. The van der Waals surface area contributed by atoms with Crippen molar-refractivity contribution in [3.05, 3.63) is 71.3 Å². The van der Waals surface area contributed by atoms with Crippen molar-refractivity contribution >= 4 is 5.97 Å². The number of fused-ring (bicyclic) bond motifs is 2. The van der Waals surface area contributed by atoms with Crippen molar-refractivity contribution in [2.45, 2.75) is 43.6 Å². The fraction of sp³-hybridized carbons (Fsp3) is 0.435. The smallest absolute Gasteiger partial charge is 0.312 e. The van der Waals surface area contributed by atoms with Crippen molar-refractivity contribution in [3.8, 4) is 0 Å². The summed E-state index contributed by atoms with van der Waals surface area (Å²) in [5.41, 5.74) is 1.51. The summed E-state index contributed by atoms with van der Waals surface area (Å²) >= 11 is 0. The van der Waals surface area contributed by atoms with Crippen molar-refractivity contribution < 1.29 is 23.0 Å². The topological polar surface area (TPSA) is 38.8 Å². The van der Waals surface area contributed by atoms with Crippen LogP contribution in [0.15, 0.2) is 48.5 Å². The monoisotopic (exact) mass is 401 g/mol. The Labute approximate surface area is 169 Å². The molecule has 2 aliphatic rings. The van der Waals surface area contributed by atoms with Gasteiger partial charge in [-0.1, -0.05) is 24.3 Å². The molecule has 2 aliphatic heterocycles. The van der Waals surface area contributed by atoms with Crippen LogP contribution in [0.1, 0.15) is 36.5 Å². The number of halogens is 2. The Morgan fingerprint density at radius 3 is 2.07 bits per heavy atom. The molecule has 0 saturated carbocycles. The van der Waals surface area contributed by atoms with Crippen LogP contribution in [0.2, 0.25) is 0 Å². The molecule has 0 spiro atoms. The molecule has 0 aliphatic carbocycles. The van der Waals surface area contributed by atoms with E-state index in [0.717, 1.165) is 24.0 Å². The van der Waals surface area contributed by atoms with Gasteiger partial charge in [0, 0.05) is 12.1 Å². The summed E-state index contributed by atoms with van der Waals surface area (Å²) < 4.78 is 38.6. The Hall–Kier alpha value is -2.31. The van der Waals surface area contributed by atoms with Gasteiger partial charge in [0.15, 0.2) is 0 Å². The van der Waals surface area contributed by atoms with Gasteiger partial charge in [-0.15, -0.1) is 0 Å². The molecule has 2 heterocycles. The van der Waals surface area contributed by atoms with E-state index in [4.69, 9.17) is 9.47 Å². The highest BCUT2D eigenvalue weighted by Gasteiger charge is 2.50. The minimum absolute atomic E-state index is 0.0771. The zero-order valence-corrected chi connectivity index (χ0v) is 16.6. The molecule has 2 saturated heterocycles. The highest BCUT2D eigenvalue weighted by atomic mass is 19.1. The number of carbonyl (C=O) groups is 1. The third-order valence-corrected chi connectivity index (χ3v) is 6.34. The second-order valence-electron chi connectivity index (χ2n) is 7.91. The van der Waals surface area contributed by atoms with Crippen molar-refractivity contribution in [2.24, 2.45) is 5.92 Å². The van der Waals surface area contributed by atoms with Gasteiger partial charge in [0.2, 0.25) is 0 Å². The van der Waals surface area contributed by atoms with E-state index in [-0.39, 0.29) is 29.7 Å². The summed E-state index contributed by atoms with van der Waals surface area (Å²) in [6.45, 7) is 0. The molecule has 0 aromatic heterocycles. The lowest BCUT2D eigenvalue weighted by molar-refractivity contribution is -0.162. The van der Waals surface area contributed by atoms with Crippen LogP contribution in [0, 0.1) is 17.6 Å². The number of rotatable bonds is 5. The first-order chi connectivity index (χ1) is 14.0. The van der Waals surface area contributed by atoms with Crippen LogP contribution in [-0.4, -0.2) is 43.2 Å². The van der Waals surface area contributed by atoms with Gasteiger partial charge in [-0.25, -0.2) is 8.78 Å². The van der Waals surface area contributed by atoms with Crippen molar-refractivity contribution in [1.29, 1.82) is 0 Å². The summed E-state index contributed by atoms with van der Waals surface area (Å²) in [5.74, 6) is -1.34. The lowest BCUT2D eigenvalue weighted by Crippen LogP contribution is -2.53. The van der Waals surface area contributed by atoms with E-state index in [1.54, 1.807) is 24.3 Å². The molecule has 4 nitrogen and oxygen atoms in total. The molecule has 2 fully saturated rings. The molecule has 4 atom stereocenters. The fourth-order valence-electron chi connectivity index (χ4n) is 4.81. The van der Waals surface area contributed by atoms with Crippen molar-refractivity contribution in [3.63, 3.8) is 0 Å². The first kappa shape index (κ1) is 20.0. The number of carbonyl (C=O) groups excluding carboxylic acids is 1. The molecule has 0 radical (unpaired) electrons. The van der Waals surface area contributed by atoms with E-state index in [0.29, 0.717) is 12.5 Å². The Kier molecular flexibility index (Phi) is 5.65. The quantitative estimate of drug-likeness (QED) is 0.708. The zero-order valence-electron chi connectivity index (χ0n) is 16.6. The van der Waals surface area contributed by atoms with Crippen LogP contribution < -0.4 is 0 Å². The average Bonchev–Trinajstić information content (AvgIpc) is 2.96. The third-order valence-electron chi connectivity index (χ3n) is 6.34. The maximum Gasteiger partial charge on any atom is 0.312 e. The second kappa shape index (κ2) is 8.20. The van der Waals surface area contributed by atoms with Crippen molar-refractivity contribution in [1.82, 2.24) is 4.90 Å². The molecular formula is C23H25F2NO3. The van der Waals surface area contributed by atoms with Crippen molar-refractivity contribution in [2.75, 3.05) is 14.2 Å². The molecule has 2 aromatic rings. The van der Waals surface area contributed by atoms with Crippen LogP contribution in [0.5, 0.6) is 0 Å². The highest BCUT2D eigenvalue weighted by molar-refractivity contribution is 5.74. The standard InChI is InChI=1S/C23H25F2NO3/c1-26-18-11-12-19(26)21(23(27)28-2)20(13-18)29-22(14-3-7-16(24)8-4-14)15-5-9-17(25)10-6-15/h3-10,18-22H,11-13H2,1-2H3/t18-,19+,20?,21?/m0/s1. The van der Waals surface area contributed by atoms with E-state index in [1.807, 2.05) is 7.05 Å². The molecule has 4 rings (SSSR count). The number of methoxy groups -OCH3 is 1. The zero-order chi connectivity index (χ0) is 20.5. The molecule has 0 N–H and O–H groups in total. The average molecular weight is 401 g/mol. The molecule has 2 unspecified atom stereocenters. The van der Waals surface area contributed by atoms with Crippen LogP contribution in [-0.2, 0) is 14.3 Å². The van der Waals surface area contributed by atoms with Gasteiger partial charge in [0.1, 0.15) is 17.7 Å². The van der Waals surface area contributed by atoms with Gasteiger partial charge in [0.25, 0.3) is 0 Å². The summed E-state index contributed by atoms with van der Waals surface area (Å²) in [6.07, 6.45) is 1.80. The Bertz CT molecular complexity index is 810. The first-order valence-corrected chi connectivity index (χ1v) is 9.94. The fourth-order valence-corrected chi connectivity index (χ4v) is 4.81. The predicted octanol–water partition coefficient (Wildman–Crippen LogP) is 4.10. The molecule has 29 heavy (non-hydrogen) atoms. The summed E-state index contributed by atoms with van der Waals surface area (Å²) in [5, 5.41) is 0. The van der Waals surface area contributed by atoms with Gasteiger partial charge in [-0.2, -0.15) is 0 Å². The van der Waals surface area contributed by atoms with E-state index in [1.165, 1.54) is 31.4 Å². The lowest BCUT2D eigenvalue weighted by Gasteiger charge is -2.42. The normalized spacial score (nSPS) is 26.7. The number of esters is 1.